The maximum Gasteiger partial charge on any atom is 0.365 e. The summed E-state index contributed by atoms with van der Waals surface area (Å²) in [6.07, 6.45) is 1.62. The monoisotopic (exact) mass is 275 g/mol. The van der Waals surface area contributed by atoms with E-state index in [2.05, 4.69) is 4.98 Å². The van der Waals surface area contributed by atoms with Gasteiger partial charge in [-0.1, -0.05) is 0 Å². The van der Waals surface area contributed by atoms with E-state index in [0.717, 1.165) is 24.2 Å². The number of aromatic carboxylic acids is 1. The van der Waals surface area contributed by atoms with Gasteiger partial charge in [-0.3, -0.25) is 4.21 Å². The number of hydrogen-bond donors (Lipinski definition) is 1. The predicted octanol–water partition coefficient (Wildman–Crippen LogP) is 1.27. The molecule has 1 aromatic heterocycles. The van der Waals surface area contributed by atoms with E-state index < -0.39 is 16.8 Å². The zero-order chi connectivity index (χ0) is 12.3. The number of carboxylic acid groups (broad SMARTS) is 1. The van der Waals surface area contributed by atoms with Gasteiger partial charge in [0.25, 0.3) is 0 Å². The first-order chi connectivity index (χ1) is 8.16. The van der Waals surface area contributed by atoms with Crippen LogP contribution >= 0.6 is 11.3 Å². The summed E-state index contributed by atoms with van der Waals surface area (Å²) in [6.45, 7) is 1.32. The number of ether oxygens (including phenoxy) is 1. The van der Waals surface area contributed by atoms with Crippen LogP contribution in [0.1, 0.15) is 28.3 Å². The highest BCUT2D eigenvalue weighted by molar-refractivity contribution is 7.84. The summed E-state index contributed by atoms with van der Waals surface area (Å²) in [7, 11) is -0.986. The molecule has 1 aliphatic heterocycles. The predicted molar refractivity (Wildman–Crippen MR) is 64.8 cm³/mol. The third-order valence-corrected chi connectivity index (χ3v) is 5.24. The maximum atomic E-state index is 12.0. The summed E-state index contributed by atoms with van der Waals surface area (Å²) < 4.78 is 17.2. The number of carboxylic acids is 1. The fraction of sp³-hybridized carbons (Fsp3) is 0.600. The normalized spacial score (nSPS) is 19.1. The van der Waals surface area contributed by atoms with E-state index in [9.17, 15) is 9.00 Å². The number of rotatable bonds is 4. The molecular weight excluding hydrogens is 262 g/mol. The van der Waals surface area contributed by atoms with Crippen LogP contribution in [0.5, 0.6) is 0 Å². The van der Waals surface area contributed by atoms with Crippen LogP contribution in [0, 0.1) is 0 Å². The van der Waals surface area contributed by atoms with Crippen LogP contribution in [0.3, 0.4) is 0 Å². The average molecular weight is 275 g/mol. The minimum atomic E-state index is -1.03. The molecule has 0 aromatic carbocycles. The molecule has 0 spiro atoms. The quantitative estimate of drug-likeness (QED) is 0.895. The lowest BCUT2D eigenvalue weighted by atomic mass is 10.2. The maximum absolute atomic E-state index is 12.0. The van der Waals surface area contributed by atoms with Gasteiger partial charge in [0.15, 0.2) is 0 Å². The van der Waals surface area contributed by atoms with Crippen molar-refractivity contribution in [2.24, 2.45) is 0 Å². The number of hydrogen-bond acceptors (Lipinski definition) is 5. The molecule has 5 nitrogen and oxygen atoms in total. The van der Waals surface area contributed by atoms with Gasteiger partial charge in [-0.25, -0.2) is 9.78 Å². The molecule has 1 saturated heterocycles. The standard InChI is InChI=1S/C10H13NO4S2/c12-10(13)9-11-7(5-16-9)6-17(14)8-1-3-15-4-2-8/h5,8H,1-4,6H2,(H,12,13). The van der Waals surface area contributed by atoms with E-state index in [1.165, 1.54) is 0 Å². The molecule has 0 aliphatic carbocycles. The summed E-state index contributed by atoms with van der Waals surface area (Å²) in [4.78, 5) is 14.6. The molecule has 1 aromatic rings. The third kappa shape index (κ3) is 3.34. The van der Waals surface area contributed by atoms with Crippen molar-refractivity contribution in [3.8, 4) is 0 Å². The van der Waals surface area contributed by atoms with E-state index in [1.807, 2.05) is 0 Å². The molecule has 2 heterocycles. The van der Waals surface area contributed by atoms with E-state index in [0.29, 0.717) is 24.7 Å². The molecule has 1 atom stereocenters. The lowest BCUT2D eigenvalue weighted by Crippen LogP contribution is -2.25. The second-order valence-electron chi connectivity index (χ2n) is 3.79. The molecule has 7 heteroatoms. The summed E-state index contributed by atoms with van der Waals surface area (Å²) >= 11 is 1.08. The first-order valence-corrected chi connectivity index (χ1v) is 7.55. The Kier molecular flexibility index (Phi) is 4.25. The first-order valence-electron chi connectivity index (χ1n) is 5.29. The Labute approximate surface area is 105 Å². The van der Waals surface area contributed by atoms with Crippen molar-refractivity contribution in [3.05, 3.63) is 16.1 Å². The minimum absolute atomic E-state index is 0.0592. The average Bonchev–Trinajstić information content (AvgIpc) is 2.79. The second-order valence-corrected chi connectivity index (χ2v) is 6.36. The smallest absolute Gasteiger partial charge is 0.365 e. The highest BCUT2D eigenvalue weighted by Crippen LogP contribution is 2.18. The molecule has 0 amide bonds. The van der Waals surface area contributed by atoms with Gasteiger partial charge in [0.05, 0.1) is 11.4 Å². The van der Waals surface area contributed by atoms with Gasteiger partial charge in [0.1, 0.15) is 0 Å². The number of aromatic nitrogens is 1. The van der Waals surface area contributed by atoms with Crippen molar-refractivity contribution in [3.63, 3.8) is 0 Å². The van der Waals surface area contributed by atoms with Crippen LogP contribution in [-0.2, 0) is 21.3 Å². The Morgan fingerprint density at radius 2 is 2.29 bits per heavy atom. The van der Waals surface area contributed by atoms with Crippen LogP contribution in [0.2, 0.25) is 0 Å². The van der Waals surface area contributed by atoms with E-state index >= 15 is 0 Å². The third-order valence-electron chi connectivity index (χ3n) is 2.56. The van der Waals surface area contributed by atoms with Gasteiger partial charge in [0.2, 0.25) is 5.01 Å². The Morgan fingerprint density at radius 3 is 2.88 bits per heavy atom. The van der Waals surface area contributed by atoms with Crippen molar-refractivity contribution in [1.82, 2.24) is 4.98 Å². The van der Waals surface area contributed by atoms with Crippen LogP contribution in [0.25, 0.3) is 0 Å². The molecule has 1 fully saturated rings. The molecule has 0 radical (unpaired) electrons. The van der Waals surface area contributed by atoms with Gasteiger partial charge < -0.3 is 9.84 Å². The Hall–Kier alpha value is -0.790. The van der Waals surface area contributed by atoms with Crippen molar-refractivity contribution in [2.75, 3.05) is 13.2 Å². The molecule has 0 saturated carbocycles. The van der Waals surface area contributed by atoms with Crippen molar-refractivity contribution >= 4 is 28.1 Å². The summed E-state index contributed by atoms with van der Waals surface area (Å²) in [5.74, 6) is -0.688. The lowest BCUT2D eigenvalue weighted by Gasteiger charge is -2.20. The Balaban J connectivity index is 1.94. The fourth-order valence-electron chi connectivity index (χ4n) is 1.67. The summed E-state index contributed by atoms with van der Waals surface area (Å²) in [6, 6.07) is 0. The number of nitrogens with zero attached hydrogens (tertiary/aromatic N) is 1. The Morgan fingerprint density at radius 1 is 1.59 bits per heavy atom. The zero-order valence-corrected chi connectivity index (χ0v) is 10.8. The van der Waals surface area contributed by atoms with E-state index in [1.54, 1.807) is 5.38 Å². The van der Waals surface area contributed by atoms with Crippen LogP contribution in [0.15, 0.2) is 5.38 Å². The van der Waals surface area contributed by atoms with E-state index in [4.69, 9.17) is 9.84 Å². The van der Waals surface area contributed by atoms with Gasteiger partial charge >= 0.3 is 5.97 Å². The second kappa shape index (κ2) is 5.70. The molecule has 2 rings (SSSR count). The van der Waals surface area contributed by atoms with Crippen molar-refractivity contribution in [1.29, 1.82) is 0 Å². The largest absolute Gasteiger partial charge is 0.476 e. The minimum Gasteiger partial charge on any atom is -0.476 e. The van der Waals surface area contributed by atoms with Crippen molar-refractivity contribution < 1.29 is 18.8 Å². The van der Waals surface area contributed by atoms with Gasteiger partial charge in [0, 0.05) is 34.6 Å². The number of thiazole rings is 1. The highest BCUT2D eigenvalue weighted by Gasteiger charge is 2.21. The molecular formula is C10H13NO4S2. The highest BCUT2D eigenvalue weighted by atomic mass is 32.2. The van der Waals surface area contributed by atoms with Gasteiger partial charge in [-0.2, -0.15) is 0 Å². The molecule has 1 unspecified atom stereocenters. The Bertz CT molecular complexity index is 426. The fourth-order valence-corrected chi connectivity index (χ4v) is 3.83. The molecule has 94 valence electrons. The van der Waals surface area contributed by atoms with Crippen LogP contribution in [-0.4, -0.2) is 38.7 Å². The molecule has 0 bridgehead atoms. The lowest BCUT2D eigenvalue weighted by molar-refractivity contribution is 0.0696. The molecule has 1 aliphatic rings. The van der Waals surface area contributed by atoms with Crippen LogP contribution in [0.4, 0.5) is 0 Å². The topological polar surface area (TPSA) is 76.5 Å². The van der Waals surface area contributed by atoms with E-state index in [-0.39, 0.29) is 10.3 Å². The zero-order valence-electron chi connectivity index (χ0n) is 9.13. The molecule has 1 N–H and O–H groups in total. The van der Waals surface area contributed by atoms with Gasteiger partial charge in [-0.05, 0) is 12.8 Å². The first kappa shape index (κ1) is 12.7. The molecule has 17 heavy (non-hydrogen) atoms. The van der Waals surface area contributed by atoms with Gasteiger partial charge in [-0.15, -0.1) is 11.3 Å². The SMILES string of the molecule is O=C(O)c1nc(CS(=O)C2CCOCC2)cs1. The van der Waals surface area contributed by atoms with Crippen molar-refractivity contribution in [2.45, 2.75) is 23.8 Å². The number of carbonyl (C=O) groups is 1. The summed E-state index contributed by atoms with van der Waals surface area (Å²) in [5.41, 5.74) is 0.609. The van der Waals surface area contributed by atoms with Crippen LogP contribution < -0.4 is 0 Å². The summed E-state index contributed by atoms with van der Waals surface area (Å²) in [5, 5.41) is 10.6.